The SMILES string of the molecule is CC(C)N1CCCC(Nc2nc3c(F)c(F)cc(C(=Nc4ccc(F)c(Cl)c4)NO)c3[nH]2)C1I. The van der Waals surface area contributed by atoms with Crippen LogP contribution in [0.15, 0.2) is 29.3 Å². The number of hydroxylamine groups is 1. The number of H-pyrrole nitrogens is 1. The summed E-state index contributed by atoms with van der Waals surface area (Å²) in [5.41, 5.74) is 2.04. The molecule has 1 aromatic heterocycles. The lowest BCUT2D eigenvalue weighted by Crippen LogP contribution is -2.50. The number of fused-ring (bicyclic) bond motifs is 1. The van der Waals surface area contributed by atoms with Crippen LogP contribution >= 0.6 is 34.2 Å². The van der Waals surface area contributed by atoms with Gasteiger partial charge in [0.2, 0.25) is 5.95 Å². The summed E-state index contributed by atoms with van der Waals surface area (Å²) in [6.07, 6.45) is 1.89. The van der Waals surface area contributed by atoms with Gasteiger partial charge in [-0.1, -0.05) is 34.2 Å². The summed E-state index contributed by atoms with van der Waals surface area (Å²) >= 11 is 8.18. The standard InChI is InChI=1S/C22H23ClF3IN6O/c1-10(2)33-7-3-4-16(20(33)27)29-22-30-18-12(9-15(25)17(26)19(18)31-22)21(32-34)28-11-5-6-14(24)13(23)8-11/h5-6,8-10,16,20,34H,3-4,7H2,1-2H3,(H,28,32)(H2,29,30,31). The van der Waals surface area contributed by atoms with Gasteiger partial charge in [-0.25, -0.2) is 23.1 Å². The fourth-order valence-electron chi connectivity index (χ4n) is 4.03. The van der Waals surface area contributed by atoms with Gasteiger partial charge in [0.05, 0.1) is 26.3 Å². The third-order valence-corrected chi connectivity index (χ3v) is 7.61. The van der Waals surface area contributed by atoms with Crippen molar-refractivity contribution in [2.75, 3.05) is 11.9 Å². The van der Waals surface area contributed by atoms with Crippen LogP contribution in [0.4, 0.5) is 24.8 Å². The highest BCUT2D eigenvalue weighted by atomic mass is 127. The molecule has 4 rings (SSSR count). The lowest BCUT2D eigenvalue weighted by atomic mass is 10.0. The Morgan fingerprint density at radius 3 is 2.74 bits per heavy atom. The first-order valence-corrected chi connectivity index (χ1v) is 12.3. The van der Waals surface area contributed by atoms with E-state index in [0.717, 1.165) is 31.5 Å². The highest BCUT2D eigenvalue weighted by Crippen LogP contribution is 2.30. The molecular weight excluding hydrogens is 584 g/mol. The molecular formula is C22H23ClF3IN6O. The van der Waals surface area contributed by atoms with Crippen LogP contribution < -0.4 is 10.8 Å². The van der Waals surface area contributed by atoms with E-state index in [1.807, 2.05) is 5.48 Å². The van der Waals surface area contributed by atoms with Gasteiger partial charge in [-0.15, -0.1) is 0 Å². The van der Waals surface area contributed by atoms with E-state index in [1.54, 1.807) is 0 Å². The minimum Gasteiger partial charge on any atom is -0.351 e. The van der Waals surface area contributed by atoms with Crippen molar-refractivity contribution in [1.29, 1.82) is 0 Å². The molecule has 1 fully saturated rings. The van der Waals surface area contributed by atoms with Crippen molar-refractivity contribution < 1.29 is 18.4 Å². The fraction of sp³-hybridized carbons (Fsp3) is 0.364. The van der Waals surface area contributed by atoms with Crippen molar-refractivity contribution in [3.63, 3.8) is 0 Å². The molecule has 2 heterocycles. The number of aromatic nitrogens is 2. The van der Waals surface area contributed by atoms with Crippen LogP contribution in [0.25, 0.3) is 11.0 Å². The number of benzene rings is 2. The molecule has 2 unspecified atom stereocenters. The van der Waals surface area contributed by atoms with Gasteiger partial charge in [-0.2, -0.15) is 0 Å². The Bertz CT molecular complexity index is 1240. The van der Waals surface area contributed by atoms with Crippen molar-refractivity contribution in [2.24, 2.45) is 4.99 Å². The van der Waals surface area contributed by atoms with E-state index in [1.165, 1.54) is 12.1 Å². The molecule has 12 heteroatoms. The first-order valence-electron chi connectivity index (χ1n) is 10.7. The summed E-state index contributed by atoms with van der Waals surface area (Å²) in [5.74, 6) is -2.83. The number of rotatable bonds is 5. The molecule has 0 aliphatic carbocycles. The predicted molar refractivity (Wildman–Crippen MR) is 135 cm³/mol. The van der Waals surface area contributed by atoms with Gasteiger partial charge in [0.1, 0.15) is 11.3 Å². The number of nitrogens with one attached hydrogen (secondary N) is 3. The molecule has 182 valence electrons. The van der Waals surface area contributed by atoms with E-state index in [2.05, 4.69) is 61.6 Å². The molecule has 0 spiro atoms. The number of alkyl halides is 1. The average molecular weight is 607 g/mol. The Morgan fingerprint density at radius 2 is 2.06 bits per heavy atom. The molecule has 4 N–H and O–H groups in total. The van der Waals surface area contributed by atoms with Gasteiger partial charge in [-0.3, -0.25) is 15.6 Å². The second-order valence-corrected chi connectivity index (χ2v) is 9.98. The number of halogens is 5. The first-order chi connectivity index (χ1) is 16.2. The number of nitrogens with zero attached hydrogens (tertiary/aromatic N) is 3. The molecule has 2 atom stereocenters. The van der Waals surface area contributed by atoms with Crippen LogP contribution in [0.3, 0.4) is 0 Å². The fourth-order valence-corrected chi connectivity index (χ4v) is 5.67. The lowest BCUT2D eigenvalue weighted by Gasteiger charge is -2.40. The highest BCUT2D eigenvalue weighted by molar-refractivity contribution is 14.1. The average Bonchev–Trinajstić information content (AvgIpc) is 3.22. The Balaban J connectivity index is 1.73. The lowest BCUT2D eigenvalue weighted by molar-refractivity contribution is 0.163. The summed E-state index contributed by atoms with van der Waals surface area (Å²) in [6, 6.07) is 5.00. The zero-order valence-corrected chi connectivity index (χ0v) is 21.3. The van der Waals surface area contributed by atoms with E-state index < -0.39 is 17.5 Å². The summed E-state index contributed by atoms with van der Waals surface area (Å²) in [4.78, 5) is 13.8. The van der Waals surface area contributed by atoms with Gasteiger partial charge in [-0.05, 0) is 57.5 Å². The molecule has 0 amide bonds. The molecule has 0 bridgehead atoms. The maximum absolute atomic E-state index is 14.6. The third-order valence-electron chi connectivity index (χ3n) is 5.73. The van der Waals surface area contributed by atoms with E-state index in [-0.39, 0.29) is 49.2 Å². The van der Waals surface area contributed by atoms with Gasteiger partial charge < -0.3 is 10.3 Å². The van der Waals surface area contributed by atoms with Crippen LogP contribution in [0.2, 0.25) is 5.02 Å². The summed E-state index contributed by atoms with van der Waals surface area (Å²) in [6.45, 7) is 5.26. The number of piperidine rings is 1. The Kier molecular flexibility index (Phi) is 7.55. The van der Waals surface area contributed by atoms with Crippen LogP contribution in [0, 0.1) is 17.5 Å². The number of aliphatic imine (C=N–C) groups is 1. The molecule has 0 radical (unpaired) electrons. The number of imidazole rings is 1. The number of likely N-dealkylation sites (tertiary alicyclic amines) is 1. The molecule has 34 heavy (non-hydrogen) atoms. The van der Waals surface area contributed by atoms with Crippen molar-refractivity contribution >= 4 is 62.7 Å². The van der Waals surface area contributed by atoms with Crippen LogP contribution in [-0.2, 0) is 0 Å². The van der Waals surface area contributed by atoms with E-state index in [9.17, 15) is 18.4 Å². The van der Waals surface area contributed by atoms with Crippen LogP contribution in [0.5, 0.6) is 0 Å². The van der Waals surface area contributed by atoms with E-state index >= 15 is 0 Å². The van der Waals surface area contributed by atoms with Crippen molar-refractivity contribution in [3.8, 4) is 0 Å². The van der Waals surface area contributed by atoms with Crippen molar-refractivity contribution in [3.05, 3.63) is 52.3 Å². The van der Waals surface area contributed by atoms with Crippen molar-refractivity contribution in [2.45, 2.75) is 42.8 Å². The zero-order chi connectivity index (χ0) is 24.6. The maximum Gasteiger partial charge on any atom is 0.201 e. The highest BCUT2D eigenvalue weighted by Gasteiger charge is 2.31. The van der Waals surface area contributed by atoms with Gasteiger partial charge >= 0.3 is 0 Å². The predicted octanol–water partition coefficient (Wildman–Crippen LogP) is 5.74. The molecule has 7 nitrogen and oxygen atoms in total. The third kappa shape index (κ3) is 4.97. The maximum atomic E-state index is 14.6. The smallest absolute Gasteiger partial charge is 0.201 e. The topological polar surface area (TPSA) is 88.6 Å². The van der Waals surface area contributed by atoms with Gasteiger partial charge in [0.25, 0.3) is 0 Å². The quantitative estimate of drug-likeness (QED) is 0.0744. The summed E-state index contributed by atoms with van der Waals surface area (Å²) in [5, 5.41) is 12.9. The van der Waals surface area contributed by atoms with Gasteiger partial charge in [0.15, 0.2) is 17.5 Å². The second kappa shape index (κ2) is 10.3. The van der Waals surface area contributed by atoms with Crippen molar-refractivity contribution in [1.82, 2.24) is 20.3 Å². The van der Waals surface area contributed by atoms with Crippen LogP contribution in [0.1, 0.15) is 32.3 Å². The minimum atomic E-state index is -1.16. The van der Waals surface area contributed by atoms with Gasteiger partial charge in [0, 0.05) is 11.6 Å². The number of hydrogen-bond acceptors (Lipinski definition) is 5. The van der Waals surface area contributed by atoms with E-state index in [0.29, 0.717) is 6.04 Å². The Morgan fingerprint density at radius 1 is 1.29 bits per heavy atom. The molecule has 1 saturated heterocycles. The number of hydrogen-bond donors (Lipinski definition) is 4. The second-order valence-electron chi connectivity index (χ2n) is 8.30. The number of anilines is 1. The molecule has 1 aliphatic rings. The molecule has 1 aliphatic heterocycles. The van der Waals surface area contributed by atoms with E-state index in [4.69, 9.17) is 11.6 Å². The minimum absolute atomic E-state index is 0.0378. The number of aromatic amines is 1. The summed E-state index contributed by atoms with van der Waals surface area (Å²) < 4.78 is 42.7. The Labute approximate surface area is 212 Å². The largest absolute Gasteiger partial charge is 0.351 e. The number of amidine groups is 1. The monoisotopic (exact) mass is 606 g/mol. The zero-order valence-electron chi connectivity index (χ0n) is 18.3. The first kappa shape index (κ1) is 25.0. The van der Waals surface area contributed by atoms with Crippen LogP contribution in [-0.4, -0.2) is 48.6 Å². The molecule has 0 saturated carbocycles. The molecule has 3 aromatic rings. The normalized spacial score (nSPS) is 19.7. The Hall–Kier alpha value is -2.09. The molecule has 2 aromatic carbocycles. The summed E-state index contributed by atoms with van der Waals surface area (Å²) in [7, 11) is 0.